The van der Waals surface area contributed by atoms with Crippen molar-refractivity contribution < 1.29 is 14.7 Å². The molecule has 0 bridgehead atoms. The predicted molar refractivity (Wildman–Crippen MR) is 49.8 cm³/mol. The molecule has 1 saturated carbocycles. The standard InChI is InChI=1S/C9H14N2O3/c1-2-6-4-3-5(9(12)13)7(10)8(4)14-11-6/h4-5,7-8H,2-3,10H2,1H3,(H,12,13)/t4-,5+,7-,8?/m0/s1. The van der Waals surface area contributed by atoms with Crippen LogP contribution >= 0.6 is 0 Å². The van der Waals surface area contributed by atoms with Crippen LogP contribution < -0.4 is 5.73 Å². The lowest BCUT2D eigenvalue weighted by molar-refractivity contribution is -0.142. The third-order valence-electron chi connectivity index (χ3n) is 3.15. The van der Waals surface area contributed by atoms with Gasteiger partial charge in [-0.25, -0.2) is 0 Å². The molecule has 0 radical (unpaired) electrons. The highest BCUT2D eigenvalue weighted by atomic mass is 16.6. The second kappa shape index (κ2) is 3.24. The molecule has 1 aliphatic carbocycles. The normalized spacial score (nSPS) is 40.3. The van der Waals surface area contributed by atoms with Gasteiger partial charge in [0.2, 0.25) is 0 Å². The van der Waals surface area contributed by atoms with Gasteiger partial charge in [-0.3, -0.25) is 4.79 Å². The number of oxime groups is 1. The van der Waals surface area contributed by atoms with Crippen molar-refractivity contribution in [1.82, 2.24) is 0 Å². The first-order chi connectivity index (χ1) is 6.65. The fourth-order valence-corrected chi connectivity index (χ4v) is 2.32. The molecule has 0 spiro atoms. The number of carboxylic acid groups (broad SMARTS) is 1. The Morgan fingerprint density at radius 1 is 1.79 bits per heavy atom. The highest BCUT2D eigenvalue weighted by Gasteiger charge is 2.50. The minimum absolute atomic E-state index is 0.121. The molecule has 78 valence electrons. The molecular weight excluding hydrogens is 184 g/mol. The monoisotopic (exact) mass is 198 g/mol. The van der Waals surface area contributed by atoms with E-state index in [2.05, 4.69) is 5.16 Å². The summed E-state index contributed by atoms with van der Waals surface area (Å²) in [5.41, 5.74) is 6.76. The number of rotatable bonds is 2. The van der Waals surface area contributed by atoms with Crippen molar-refractivity contribution in [3.05, 3.63) is 0 Å². The maximum atomic E-state index is 10.9. The van der Waals surface area contributed by atoms with Crippen LogP contribution in [-0.2, 0) is 9.63 Å². The smallest absolute Gasteiger partial charge is 0.308 e. The van der Waals surface area contributed by atoms with Gasteiger partial charge in [-0.05, 0) is 12.8 Å². The van der Waals surface area contributed by atoms with Crippen LogP contribution in [0.25, 0.3) is 0 Å². The van der Waals surface area contributed by atoms with Crippen molar-refractivity contribution in [3.8, 4) is 0 Å². The lowest BCUT2D eigenvalue weighted by Crippen LogP contribution is -2.39. The molecule has 1 unspecified atom stereocenters. The van der Waals surface area contributed by atoms with Gasteiger partial charge in [-0.1, -0.05) is 12.1 Å². The first-order valence-corrected chi connectivity index (χ1v) is 4.86. The van der Waals surface area contributed by atoms with E-state index in [-0.39, 0.29) is 12.0 Å². The summed E-state index contributed by atoms with van der Waals surface area (Å²) in [4.78, 5) is 16.0. The van der Waals surface area contributed by atoms with Crippen LogP contribution in [0.15, 0.2) is 5.16 Å². The predicted octanol–water partition coefficient (Wildman–Crippen LogP) is 0.199. The Morgan fingerprint density at radius 2 is 2.50 bits per heavy atom. The number of nitrogens with two attached hydrogens (primary N) is 1. The molecule has 3 N–H and O–H groups in total. The molecule has 0 amide bonds. The molecular formula is C9H14N2O3. The van der Waals surface area contributed by atoms with Gasteiger partial charge in [0.05, 0.1) is 17.7 Å². The molecule has 1 fully saturated rings. The number of fused-ring (bicyclic) bond motifs is 1. The number of aliphatic carboxylic acids is 1. The minimum atomic E-state index is -0.828. The first-order valence-electron chi connectivity index (χ1n) is 4.86. The lowest BCUT2D eigenvalue weighted by atomic mass is 9.97. The summed E-state index contributed by atoms with van der Waals surface area (Å²) in [6.07, 6.45) is 1.15. The molecule has 5 heteroatoms. The lowest BCUT2D eigenvalue weighted by Gasteiger charge is -2.14. The number of nitrogens with zero attached hydrogens (tertiary/aromatic N) is 1. The van der Waals surface area contributed by atoms with Gasteiger partial charge in [-0.2, -0.15) is 0 Å². The molecule has 2 rings (SSSR count). The van der Waals surface area contributed by atoms with Crippen LogP contribution in [0.5, 0.6) is 0 Å². The number of hydrogen-bond acceptors (Lipinski definition) is 4. The molecule has 0 aromatic rings. The van der Waals surface area contributed by atoms with Crippen LogP contribution in [0.3, 0.4) is 0 Å². The van der Waals surface area contributed by atoms with E-state index in [1.165, 1.54) is 0 Å². The Balaban J connectivity index is 2.15. The Kier molecular flexibility index (Phi) is 2.19. The summed E-state index contributed by atoms with van der Waals surface area (Å²) in [6, 6.07) is -0.426. The molecule has 1 aliphatic heterocycles. The molecule has 4 atom stereocenters. The Bertz CT molecular complexity index is 290. The molecule has 0 aromatic heterocycles. The maximum absolute atomic E-state index is 10.9. The zero-order valence-electron chi connectivity index (χ0n) is 8.01. The van der Waals surface area contributed by atoms with E-state index in [1.54, 1.807) is 0 Å². The second-order valence-electron chi connectivity index (χ2n) is 3.87. The van der Waals surface area contributed by atoms with Gasteiger partial charge in [0.25, 0.3) is 0 Å². The van der Waals surface area contributed by atoms with E-state index in [0.717, 1.165) is 12.1 Å². The maximum Gasteiger partial charge on any atom is 0.308 e. The topological polar surface area (TPSA) is 84.9 Å². The number of hydrogen-bond donors (Lipinski definition) is 2. The number of carbonyl (C=O) groups is 1. The van der Waals surface area contributed by atoms with Crippen molar-refractivity contribution in [1.29, 1.82) is 0 Å². The first kappa shape index (κ1) is 9.45. The Labute approximate surface area is 81.9 Å². The van der Waals surface area contributed by atoms with Gasteiger partial charge in [0.1, 0.15) is 0 Å². The van der Waals surface area contributed by atoms with E-state index in [4.69, 9.17) is 15.7 Å². The largest absolute Gasteiger partial charge is 0.481 e. The van der Waals surface area contributed by atoms with Crippen molar-refractivity contribution in [2.75, 3.05) is 0 Å². The van der Waals surface area contributed by atoms with Crippen molar-refractivity contribution in [3.63, 3.8) is 0 Å². The van der Waals surface area contributed by atoms with E-state index in [1.807, 2.05) is 6.92 Å². The van der Waals surface area contributed by atoms with Crippen molar-refractivity contribution in [2.45, 2.75) is 31.9 Å². The van der Waals surface area contributed by atoms with Crippen LogP contribution in [0.1, 0.15) is 19.8 Å². The number of carboxylic acids is 1. The van der Waals surface area contributed by atoms with Gasteiger partial charge in [-0.15, -0.1) is 0 Å². The van der Waals surface area contributed by atoms with Crippen molar-refractivity contribution >= 4 is 11.7 Å². The second-order valence-corrected chi connectivity index (χ2v) is 3.87. The Morgan fingerprint density at radius 3 is 3.07 bits per heavy atom. The molecule has 0 saturated heterocycles. The minimum Gasteiger partial charge on any atom is -0.481 e. The molecule has 14 heavy (non-hydrogen) atoms. The highest BCUT2D eigenvalue weighted by Crippen LogP contribution is 2.38. The summed E-state index contributed by atoms with van der Waals surface area (Å²) < 4.78 is 0. The van der Waals surface area contributed by atoms with Crippen molar-refractivity contribution in [2.24, 2.45) is 22.7 Å². The molecule has 0 aromatic carbocycles. The highest BCUT2D eigenvalue weighted by molar-refractivity contribution is 5.89. The van der Waals surface area contributed by atoms with Crippen LogP contribution in [0.4, 0.5) is 0 Å². The van der Waals surface area contributed by atoms with Gasteiger partial charge >= 0.3 is 5.97 Å². The quantitative estimate of drug-likeness (QED) is 0.663. The van der Waals surface area contributed by atoms with E-state index < -0.39 is 17.9 Å². The van der Waals surface area contributed by atoms with E-state index >= 15 is 0 Å². The summed E-state index contributed by atoms with van der Waals surface area (Å²) in [7, 11) is 0. The fraction of sp³-hybridized carbons (Fsp3) is 0.778. The zero-order chi connectivity index (χ0) is 10.3. The van der Waals surface area contributed by atoms with Crippen LogP contribution in [0, 0.1) is 11.8 Å². The SMILES string of the molecule is CCC1=NOC2[C@@H](N)[C@H](C(=O)O)C[C@@H]12. The average molecular weight is 198 g/mol. The van der Waals surface area contributed by atoms with Gasteiger partial charge in [0, 0.05) is 5.92 Å². The fourth-order valence-electron chi connectivity index (χ4n) is 2.32. The van der Waals surface area contributed by atoms with E-state index in [9.17, 15) is 4.79 Å². The summed E-state index contributed by atoms with van der Waals surface area (Å²) in [5, 5.41) is 12.8. The van der Waals surface area contributed by atoms with E-state index in [0.29, 0.717) is 6.42 Å². The third-order valence-corrected chi connectivity index (χ3v) is 3.15. The van der Waals surface area contributed by atoms with Gasteiger partial charge in [0.15, 0.2) is 6.10 Å². The summed E-state index contributed by atoms with van der Waals surface area (Å²) >= 11 is 0. The van der Waals surface area contributed by atoms with Crippen LogP contribution in [-0.4, -0.2) is 28.9 Å². The Hall–Kier alpha value is -1.10. The average Bonchev–Trinajstić information content (AvgIpc) is 2.66. The summed E-state index contributed by atoms with van der Waals surface area (Å²) in [6.45, 7) is 1.99. The summed E-state index contributed by atoms with van der Waals surface area (Å²) in [5.74, 6) is -1.19. The zero-order valence-corrected chi connectivity index (χ0v) is 8.01. The van der Waals surface area contributed by atoms with Gasteiger partial charge < -0.3 is 15.7 Å². The third kappa shape index (κ3) is 1.19. The molecule has 5 nitrogen and oxygen atoms in total. The van der Waals surface area contributed by atoms with Crippen LogP contribution in [0.2, 0.25) is 0 Å². The molecule has 1 heterocycles. The molecule has 2 aliphatic rings.